The van der Waals surface area contributed by atoms with Crippen molar-refractivity contribution in [1.82, 2.24) is 24.8 Å². The number of hydrogen-bond donors (Lipinski definition) is 3. The summed E-state index contributed by atoms with van der Waals surface area (Å²) in [5.74, 6) is 0.718. The average Bonchev–Trinajstić information content (AvgIpc) is 3.04. The lowest BCUT2D eigenvalue weighted by Crippen LogP contribution is -2.28. The van der Waals surface area contributed by atoms with E-state index in [1.165, 1.54) is 11.9 Å². The monoisotopic (exact) mass is 354 g/mol. The number of benzene rings is 1. The van der Waals surface area contributed by atoms with E-state index < -0.39 is 0 Å². The summed E-state index contributed by atoms with van der Waals surface area (Å²) in [5.41, 5.74) is 2.80. The van der Waals surface area contributed by atoms with Gasteiger partial charge in [-0.1, -0.05) is 37.3 Å². The van der Waals surface area contributed by atoms with E-state index in [-0.39, 0.29) is 18.7 Å². The number of fused-ring (bicyclic) bond motifs is 1. The van der Waals surface area contributed by atoms with Crippen LogP contribution in [0.5, 0.6) is 0 Å². The molecule has 0 fully saturated rings. The molecule has 2 heterocycles. The maximum atomic E-state index is 9.52. The van der Waals surface area contributed by atoms with Gasteiger partial charge in [-0.15, -0.1) is 0 Å². The van der Waals surface area contributed by atoms with Gasteiger partial charge in [0.25, 0.3) is 0 Å². The standard InChI is InChI=1S/C19H26N6O/c1-3-16(12-26)23-19-24-17-11-21-13-22-18(17)25(19)14(2)9-20-10-15-7-5-4-6-8-15/h4-8,11,13-14,16,20,26H,3,9-10,12H2,1-2H3,(H,23,24). The average molecular weight is 354 g/mol. The molecule has 0 saturated carbocycles. The fourth-order valence-electron chi connectivity index (χ4n) is 2.94. The molecule has 0 aliphatic carbocycles. The van der Waals surface area contributed by atoms with Crippen LogP contribution in [-0.2, 0) is 6.54 Å². The number of imidazole rings is 1. The van der Waals surface area contributed by atoms with Crippen molar-refractivity contribution in [3.63, 3.8) is 0 Å². The van der Waals surface area contributed by atoms with Crippen molar-refractivity contribution >= 4 is 17.1 Å². The highest BCUT2D eigenvalue weighted by Gasteiger charge is 2.19. The number of rotatable bonds is 9. The molecule has 7 heteroatoms. The minimum atomic E-state index is -0.0389. The molecule has 0 amide bonds. The molecule has 0 bridgehead atoms. The first-order valence-electron chi connectivity index (χ1n) is 9.02. The second kappa shape index (κ2) is 8.73. The molecule has 0 radical (unpaired) electrons. The summed E-state index contributed by atoms with van der Waals surface area (Å²) in [4.78, 5) is 13.1. The maximum Gasteiger partial charge on any atom is 0.205 e. The largest absolute Gasteiger partial charge is 0.394 e. The summed E-state index contributed by atoms with van der Waals surface area (Å²) in [6.45, 7) is 5.81. The first-order chi connectivity index (χ1) is 12.7. The fourth-order valence-corrected chi connectivity index (χ4v) is 2.94. The first-order valence-corrected chi connectivity index (χ1v) is 9.02. The van der Waals surface area contributed by atoms with E-state index in [1.54, 1.807) is 6.20 Å². The van der Waals surface area contributed by atoms with Gasteiger partial charge in [-0.2, -0.15) is 0 Å². The van der Waals surface area contributed by atoms with Crippen LogP contribution >= 0.6 is 0 Å². The molecule has 3 aromatic rings. The summed E-state index contributed by atoms with van der Waals surface area (Å²) in [5, 5.41) is 16.3. The summed E-state index contributed by atoms with van der Waals surface area (Å²) in [7, 11) is 0. The zero-order valence-electron chi connectivity index (χ0n) is 15.3. The molecular formula is C19H26N6O. The van der Waals surface area contributed by atoms with E-state index in [1.807, 2.05) is 25.1 Å². The van der Waals surface area contributed by atoms with Gasteiger partial charge in [-0.05, 0) is 18.9 Å². The van der Waals surface area contributed by atoms with Gasteiger partial charge < -0.3 is 15.7 Å². The molecule has 0 saturated heterocycles. The lowest BCUT2D eigenvalue weighted by molar-refractivity contribution is 0.271. The molecule has 1 aromatic carbocycles. The van der Waals surface area contributed by atoms with E-state index in [0.717, 1.165) is 36.6 Å². The quantitative estimate of drug-likeness (QED) is 0.547. The third-order valence-electron chi connectivity index (χ3n) is 4.45. The van der Waals surface area contributed by atoms with Crippen LogP contribution in [0.25, 0.3) is 11.2 Å². The lowest BCUT2D eigenvalue weighted by atomic mass is 10.2. The van der Waals surface area contributed by atoms with Crippen LogP contribution in [0, 0.1) is 0 Å². The number of nitrogens with zero attached hydrogens (tertiary/aromatic N) is 4. The Morgan fingerprint density at radius 3 is 2.77 bits per heavy atom. The van der Waals surface area contributed by atoms with Gasteiger partial charge in [0.1, 0.15) is 11.8 Å². The third-order valence-corrected chi connectivity index (χ3v) is 4.45. The highest BCUT2D eigenvalue weighted by Crippen LogP contribution is 2.23. The predicted molar refractivity (Wildman–Crippen MR) is 103 cm³/mol. The zero-order chi connectivity index (χ0) is 18.4. The van der Waals surface area contributed by atoms with Crippen molar-refractivity contribution in [2.75, 3.05) is 18.5 Å². The van der Waals surface area contributed by atoms with E-state index in [0.29, 0.717) is 0 Å². The number of aliphatic hydroxyl groups is 1. The van der Waals surface area contributed by atoms with Crippen LogP contribution in [0.1, 0.15) is 31.9 Å². The van der Waals surface area contributed by atoms with Crippen molar-refractivity contribution < 1.29 is 5.11 Å². The molecule has 0 aliphatic rings. The summed E-state index contributed by atoms with van der Waals surface area (Å²) in [6.07, 6.45) is 4.07. The third kappa shape index (κ3) is 4.17. The first kappa shape index (κ1) is 18.3. The Bertz CT molecular complexity index is 815. The molecule has 26 heavy (non-hydrogen) atoms. The summed E-state index contributed by atoms with van der Waals surface area (Å²) < 4.78 is 2.08. The number of aromatic nitrogens is 4. The van der Waals surface area contributed by atoms with Gasteiger partial charge in [0.15, 0.2) is 5.65 Å². The van der Waals surface area contributed by atoms with Crippen LogP contribution in [0.2, 0.25) is 0 Å². The lowest BCUT2D eigenvalue weighted by Gasteiger charge is -2.21. The van der Waals surface area contributed by atoms with Crippen LogP contribution in [0.15, 0.2) is 42.9 Å². The SMILES string of the molecule is CCC(CO)Nc1nc2cncnc2n1C(C)CNCc1ccccc1. The minimum Gasteiger partial charge on any atom is -0.394 e. The van der Waals surface area contributed by atoms with Crippen molar-refractivity contribution in [2.24, 2.45) is 0 Å². The highest BCUT2D eigenvalue weighted by atomic mass is 16.3. The molecule has 3 rings (SSSR count). The number of nitrogens with one attached hydrogen (secondary N) is 2. The Hall–Kier alpha value is -2.51. The van der Waals surface area contributed by atoms with Crippen molar-refractivity contribution in [3.05, 3.63) is 48.4 Å². The molecule has 138 valence electrons. The van der Waals surface area contributed by atoms with E-state index in [4.69, 9.17) is 0 Å². The van der Waals surface area contributed by atoms with E-state index >= 15 is 0 Å². The van der Waals surface area contributed by atoms with Gasteiger partial charge in [0, 0.05) is 19.1 Å². The highest BCUT2D eigenvalue weighted by molar-refractivity contribution is 5.73. The van der Waals surface area contributed by atoms with Gasteiger partial charge in [-0.3, -0.25) is 4.57 Å². The van der Waals surface area contributed by atoms with Crippen LogP contribution in [-0.4, -0.2) is 43.8 Å². The number of anilines is 1. The Balaban J connectivity index is 1.77. The Kier molecular flexibility index (Phi) is 6.14. The smallest absolute Gasteiger partial charge is 0.205 e. The summed E-state index contributed by atoms with van der Waals surface area (Å²) >= 11 is 0. The second-order valence-corrected chi connectivity index (χ2v) is 6.43. The molecule has 0 aliphatic heterocycles. The molecule has 0 spiro atoms. The molecule has 2 aromatic heterocycles. The van der Waals surface area contributed by atoms with E-state index in [9.17, 15) is 5.11 Å². The normalized spacial score (nSPS) is 13.7. The second-order valence-electron chi connectivity index (χ2n) is 6.43. The molecule has 2 unspecified atom stereocenters. The predicted octanol–water partition coefficient (Wildman–Crippen LogP) is 2.36. The molecule has 2 atom stereocenters. The maximum absolute atomic E-state index is 9.52. The van der Waals surface area contributed by atoms with E-state index in [2.05, 4.69) is 49.2 Å². The Morgan fingerprint density at radius 2 is 2.04 bits per heavy atom. The Labute approximate surface area is 153 Å². The van der Waals surface area contributed by atoms with Gasteiger partial charge in [0.2, 0.25) is 5.95 Å². The Morgan fingerprint density at radius 1 is 1.23 bits per heavy atom. The summed E-state index contributed by atoms with van der Waals surface area (Å²) in [6, 6.07) is 10.4. The number of hydrogen-bond acceptors (Lipinski definition) is 6. The minimum absolute atomic E-state index is 0.0389. The van der Waals surface area contributed by atoms with Crippen molar-refractivity contribution in [2.45, 2.75) is 38.9 Å². The zero-order valence-corrected chi connectivity index (χ0v) is 15.3. The molecular weight excluding hydrogens is 328 g/mol. The molecule has 7 nitrogen and oxygen atoms in total. The van der Waals surface area contributed by atoms with Crippen molar-refractivity contribution in [3.8, 4) is 0 Å². The topological polar surface area (TPSA) is 87.9 Å². The van der Waals surface area contributed by atoms with Crippen LogP contribution in [0.3, 0.4) is 0 Å². The van der Waals surface area contributed by atoms with Gasteiger partial charge in [-0.25, -0.2) is 15.0 Å². The number of aliphatic hydroxyl groups excluding tert-OH is 1. The fraction of sp³-hybridized carbons (Fsp3) is 0.421. The van der Waals surface area contributed by atoms with Crippen LogP contribution < -0.4 is 10.6 Å². The molecule has 3 N–H and O–H groups in total. The van der Waals surface area contributed by atoms with Crippen molar-refractivity contribution in [1.29, 1.82) is 0 Å². The van der Waals surface area contributed by atoms with Gasteiger partial charge in [0.05, 0.1) is 18.8 Å². The van der Waals surface area contributed by atoms with Gasteiger partial charge >= 0.3 is 0 Å². The van der Waals surface area contributed by atoms with Crippen LogP contribution in [0.4, 0.5) is 5.95 Å².